The fourth-order valence-corrected chi connectivity index (χ4v) is 5.45. The first-order valence-electron chi connectivity index (χ1n) is 9.65. The number of amides is 2. The summed E-state index contributed by atoms with van der Waals surface area (Å²) in [6.07, 6.45) is 2.17. The van der Waals surface area contributed by atoms with Gasteiger partial charge in [-0.15, -0.1) is 0 Å². The number of carbonyl (C=O) groups excluding carboxylic acids is 2. The lowest BCUT2D eigenvalue weighted by molar-refractivity contribution is -0.123. The van der Waals surface area contributed by atoms with Gasteiger partial charge in [-0.1, -0.05) is 53.1 Å². The molecule has 2 heterocycles. The average Bonchev–Trinajstić information content (AvgIpc) is 2.89. The molecular formula is C23H22Cl2N2O2. The number of hydrogen-bond acceptors (Lipinski definition) is 2. The Kier molecular flexibility index (Phi) is 5.18. The van der Waals surface area contributed by atoms with E-state index >= 15 is 0 Å². The highest BCUT2D eigenvalue weighted by atomic mass is 35.5. The van der Waals surface area contributed by atoms with Gasteiger partial charge < -0.3 is 10.6 Å². The number of hydrogen-bond donors (Lipinski definition) is 2. The zero-order valence-electron chi connectivity index (χ0n) is 16.3. The first-order valence-corrected chi connectivity index (χ1v) is 10.4. The van der Waals surface area contributed by atoms with E-state index in [9.17, 15) is 9.59 Å². The van der Waals surface area contributed by atoms with Gasteiger partial charge in [-0.25, -0.2) is 0 Å². The molecule has 1 saturated heterocycles. The van der Waals surface area contributed by atoms with Crippen molar-refractivity contribution in [1.29, 1.82) is 0 Å². The van der Waals surface area contributed by atoms with Crippen molar-refractivity contribution in [2.45, 2.75) is 31.6 Å². The van der Waals surface area contributed by atoms with E-state index in [2.05, 4.69) is 10.6 Å². The Balaban J connectivity index is 2.08. The highest BCUT2D eigenvalue weighted by Crippen LogP contribution is 2.57. The number of allylic oxidation sites excluding steroid dienone is 1. The first-order chi connectivity index (χ1) is 13.9. The van der Waals surface area contributed by atoms with E-state index < -0.39 is 11.3 Å². The second kappa shape index (κ2) is 7.51. The highest BCUT2D eigenvalue weighted by Gasteiger charge is 2.60. The van der Waals surface area contributed by atoms with Crippen LogP contribution in [0.25, 0.3) is 0 Å². The monoisotopic (exact) mass is 428 g/mol. The Morgan fingerprint density at radius 3 is 2.66 bits per heavy atom. The molecule has 6 heteroatoms. The summed E-state index contributed by atoms with van der Waals surface area (Å²) in [5.41, 5.74) is 2.33. The van der Waals surface area contributed by atoms with Crippen molar-refractivity contribution in [3.05, 3.63) is 75.3 Å². The molecule has 2 N–H and O–H groups in total. The summed E-state index contributed by atoms with van der Waals surface area (Å²) in [5.74, 6) is -0.879. The van der Waals surface area contributed by atoms with E-state index in [1.165, 1.54) is 0 Å². The SMILES string of the molecule is C/C=C(\C)[C@H]1CNC(=O)C[C@@H](c2cccc(Cl)c2)[C@]12C(=O)Nc1cccc(Cl)c12. The maximum Gasteiger partial charge on any atom is 0.236 e. The van der Waals surface area contributed by atoms with Crippen LogP contribution in [0, 0.1) is 5.92 Å². The predicted octanol–water partition coefficient (Wildman–Crippen LogP) is 5.07. The second-order valence-corrected chi connectivity index (χ2v) is 8.53. The van der Waals surface area contributed by atoms with Gasteiger partial charge in [0.15, 0.2) is 0 Å². The quantitative estimate of drug-likeness (QED) is 0.655. The number of benzene rings is 2. The van der Waals surface area contributed by atoms with Crippen molar-refractivity contribution in [2.75, 3.05) is 11.9 Å². The van der Waals surface area contributed by atoms with Crippen LogP contribution in [0.1, 0.15) is 37.3 Å². The Morgan fingerprint density at radius 1 is 1.17 bits per heavy atom. The lowest BCUT2D eigenvalue weighted by Crippen LogP contribution is -2.48. The van der Waals surface area contributed by atoms with Crippen molar-refractivity contribution in [2.24, 2.45) is 5.92 Å². The van der Waals surface area contributed by atoms with Gasteiger partial charge in [0.2, 0.25) is 11.8 Å². The molecule has 0 saturated carbocycles. The van der Waals surface area contributed by atoms with Crippen LogP contribution in [0.15, 0.2) is 54.1 Å². The van der Waals surface area contributed by atoms with Gasteiger partial charge in [-0.05, 0) is 43.7 Å². The van der Waals surface area contributed by atoms with E-state index in [0.29, 0.717) is 22.3 Å². The maximum absolute atomic E-state index is 13.8. The lowest BCUT2D eigenvalue weighted by Gasteiger charge is -2.41. The summed E-state index contributed by atoms with van der Waals surface area (Å²) in [6.45, 7) is 4.32. The third kappa shape index (κ3) is 3.06. The molecule has 1 fully saturated rings. The zero-order chi connectivity index (χ0) is 20.8. The van der Waals surface area contributed by atoms with E-state index in [1.54, 1.807) is 12.1 Å². The van der Waals surface area contributed by atoms with E-state index in [1.807, 2.05) is 50.3 Å². The predicted molar refractivity (Wildman–Crippen MR) is 117 cm³/mol. The molecule has 0 bridgehead atoms. The summed E-state index contributed by atoms with van der Waals surface area (Å²) in [4.78, 5) is 26.5. The second-order valence-electron chi connectivity index (χ2n) is 7.69. The Labute approximate surface area is 180 Å². The molecule has 1 spiro atoms. The molecule has 4 nitrogen and oxygen atoms in total. The van der Waals surface area contributed by atoms with Crippen LogP contribution in [0.4, 0.5) is 5.69 Å². The van der Waals surface area contributed by atoms with Crippen LogP contribution in [-0.4, -0.2) is 18.4 Å². The maximum atomic E-state index is 13.8. The lowest BCUT2D eigenvalue weighted by atomic mass is 9.59. The summed E-state index contributed by atoms with van der Waals surface area (Å²) < 4.78 is 0. The Morgan fingerprint density at radius 2 is 1.93 bits per heavy atom. The van der Waals surface area contributed by atoms with Gasteiger partial charge in [-0.3, -0.25) is 9.59 Å². The van der Waals surface area contributed by atoms with Crippen LogP contribution in [-0.2, 0) is 15.0 Å². The van der Waals surface area contributed by atoms with Crippen molar-refractivity contribution in [3.63, 3.8) is 0 Å². The minimum atomic E-state index is -1.02. The number of anilines is 1. The van der Waals surface area contributed by atoms with E-state index in [4.69, 9.17) is 23.2 Å². The van der Waals surface area contributed by atoms with Gasteiger partial charge in [0.1, 0.15) is 0 Å². The molecule has 2 aliphatic rings. The minimum absolute atomic E-state index is 0.0888. The van der Waals surface area contributed by atoms with Crippen molar-refractivity contribution < 1.29 is 9.59 Å². The number of rotatable bonds is 2. The van der Waals surface area contributed by atoms with Crippen LogP contribution >= 0.6 is 23.2 Å². The molecule has 2 aromatic rings. The largest absolute Gasteiger partial charge is 0.355 e. The fraction of sp³-hybridized carbons (Fsp3) is 0.304. The van der Waals surface area contributed by atoms with Gasteiger partial charge >= 0.3 is 0 Å². The van der Waals surface area contributed by atoms with Crippen LogP contribution in [0.5, 0.6) is 0 Å². The van der Waals surface area contributed by atoms with Gasteiger partial charge in [0.05, 0.1) is 5.41 Å². The summed E-state index contributed by atoms with van der Waals surface area (Å²) in [7, 11) is 0. The zero-order valence-corrected chi connectivity index (χ0v) is 17.8. The van der Waals surface area contributed by atoms with Crippen LogP contribution < -0.4 is 10.6 Å². The molecule has 0 aliphatic carbocycles. The molecule has 0 unspecified atom stereocenters. The van der Waals surface area contributed by atoms with Gasteiger partial charge in [0, 0.05) is 46.1 Å². The molecular weight excluding hydrogens is 407 g/mol. The van der Waals surface area contributed by atoms with E-state index in [0.717, 1.165) is 16.7 Å². The van der Waals surface area contributed by atoms with Crippen LogP contribution in [0.2, 0.25) is 10.0 Å². The van der Waals surface area contributed by atoms with Crippen molar-refractivity contribution in [3.8, 4) is 0 Å². The molecule has 0 aromatic heterocycles. The normalized spacial score (nSPS) is 26.7. The smallest absolute Gasteiger partial charge is 0.236 e. The number of halogens is 2. The highest BCUT2D eigenvalue weighted by molar-refractivity contribution is 6.33. The summed E-state index contributed by atoms with van der Waals surface area (Å²) in [6, 6.07) is 12.9. The standard InChI is InChI=1S/C23H22Cl2N2O2/c1-3-13(2)17-12-26-20(28)11-16(14-6-4-7-15(24)10-14)23(17)21-18(25)8-5-9-19(21)27-22(23)29/h3-10,16-17H,11-12H2,1-2H3,(H,26,28)(H,27,29)/b13-3+/t16-,17+,23-/m0/s1. The minimum Gasteiger partial charge on any atom is -0.355 e. The topological polar surface area (TPSA) is 58.2 Å². The van der Waals surface area contributed by atoms with E-state index in [-0.39, 0.29) is 24.2 Å². The first kappa shape index (κ1) is 20.0. The number of fused-ring (bicyclic) bond motifs is 2. The fourth-order valence-electron chi connectivity index (χ4n) is 4.92. The van der Waals surface area contributed by atoms with Crippen LogP contribution in [0.3, 0.4) is 0 Å². The van der Waals surface area contributed by atoms with Gasteiger partial charge in [-0.2, -0.15) is 0 Å². The Bertz CT molecular complexity index is 1030. The summed E-state index contributed by atoms with van der Waals surface area (Å²) >= 11 is 13.0. The molecule has 150 valence electrons. The summed E-state index contributed by atoms with van der Waals surface area (Å²) in [5, 5.41) is 7.15. The molecule has 3 atom stereocenters. The van der Waals surface area contributed by atoms with Crippen molar-refractivity contribution >= 4 is 40.7 Å². The third-order valence-electron chi connectivity index (χ3n) is 6.30. The van der Waals surface area contributed by atoms with Gasteiger partial charge in [0.25, 0.3) is 0 Å². The third-order valence-corrected chi connectivity index (χ3v) is 6.85. The molecule has 2 aromatic carbocycles. The molecule has 2 amide bonds. The molecule has 2 aliphatic heterocycles. The van der Waals surface area contributed by atoms with Crippen molar-refractivity contribution in [1.82, 2.24) is 5.32 Å². The Hall–Kier alpha value is -2.30. The average molecular weight is 429 g/mol. The number of nitrogens with one attached hydrogen (secondary N) is 2. The molecule has 0 radical (unpaired) electrons. The molecule has 29 heavy (non-hydrogen) atoms. The molecule has 4 rings (SSSR count). The number of carbonyl (C=O) groups is 2.